The number of esters is 8. The monoisotopic (exact) mass is 741 g/mol. The van der Waals surface area contributed by atoms with Crippen molar-refractivity contribution >= 4 is 53.7 Å². The third-order valence-electron chi connectivity index (χ3n) is 6.79. The van der Waals surface area contributed by atoms with Crippen molar-refractivity contribution in [2.24, 2.45) is 11.8 Å². The molecule has 0 unspecified atom stereocenters. The lowest BCUT2D eigenvalue weighted by Crippen LogP contribution is -2.75. The molecule has 0 aromatic rings. The summed E-state index contributed by atoms with van der Waals surface area (Å²) in [5, 5.41) is 20.3. The fourth-order valence-corrected chi connectivity index (χ4v) is 5.19. The van der Waals surface area contributed by atoms with Gasteiger partial charge in [0.2, 0.25) is 5.91 Å². The van der Waals surface area contributed by atoms with Gasteiger partial charge in [0.15, 0.2) is 18.1 Å². The Balaban J connectivity index is 4.46. The first kappa shape index (κ1) is 44.2. The summed E-state index contributed by atoms with van der Waals surface area (Å²) in [4.78, 5) is 116. The van der Waals surface area contributed by atoms with Crippen LogP contribution in [0.5, 0.6) is 0 Å². The molecule has 1 aliphatic rings. The van der Waals surface area contributed by atoms with Gasteiger partial charge in [-0.3, -0.25) is 38.4 Å². The molecule has 0 bridgehead atoms. The van der Waals surface area contributed by atoms with Crippen LogP contribution >= 0.6 is 0 Å². The van der Waals surface area contributed by atoms with Gasteiger partial charge < -0.3 is 47.9 Å². The minimum Gasteiger partial charge on any atom is -0.464 e. The molecule has 1 amide bonds. The summed E-state index contributed by atoms with van der Waals surface area (Å²) in [7, 11) is 0.765. The SMILES string of the molecule is COC(=O)[C@]1(OC(C)=O)O[C@@H]([C@H](OC(C)=O)[C@@H](COC(C)=O)OC(C)=O)[C@H](NC(C)=O)[C@@H](OC(C)=O)[C@@H]1C(C(=O)OCCC#N)C(=O)OCCC#N. The van der Waals surface area contributed by atoms with Crippen molar-refractivity contribution in [1.29, 1.82) is 10.5 Å². The molecule has 1 aliphatic heterocycles. The minimum absolute atomic E-state index is 0.400. The van der Waals surface area contributed by atoms with E-state index in [9.17, 15) is 43.2 Å². The topological polar surface area (TPSA) is 296 Å². The highest BCUT2D eigenvalue weighted by Crippen LogP contribution is 2.45. The predicted molar refractivity (Wildman–Crippen MR) is 162 cm³/mol. The lowest BCUT2D eigenvalue weighted by Gasteiger charge is -2.52. The van der Waals surface area contributed by atoms with E-state index in [2.05, 4.69) is 5.32 Å². The fraction of sp³-hybridized carbons (Fsp3) is 0.645. The molecule has 0 radical (unpaired) electrons. The second-order valence-corrected chi connectivity index (χ2v) is 10.8. The van der Waals surface area contributed by atoms with Gasteiger partial charge in [0.1, 0.15) is 32.0 Å². The Labute approximate surface area is 296 Å². The fourth-order valence-electron chi connectivity index (χ4n) is 5.19. The summed E-state index contributed by atoms with van der Waals surface area (Å²) in [6, 6.07) is 1.47. The Morgan fingerprint density at radius 2 is 1.29 bits per heavy atom. The summed E-state index contributed by atoms with van der Waals surface area (Å²) in [6.45, 7) is 3.25. The first-order valence-corrected chi connectivity index (χ1v) is 15.3. The number of hydrogen-bond acceptors (Lipinski definition) is 20. The Morgan fingerprint density at radius 3 is 1.69 bits per heavy atom. The summed E-state index contributed by atoms with van der Waals surface area (Å²) in [6.07, 6.45) is -9.00. The van der Waals surface area contributed by atoms with E-state index >= 15 is 0 Å². The average molecular weight is 742 g/mol. The summed E-state index contributed by atoms with van der Waals surface area (Å²) in [5.41, 5.74) is 0. The van der Waals surface area contributed by atoms with Crippen LogP contribution in [-0.2, 0) is 85.8 Å². The number of methoxy groups -OCH3 is 1. The minimum atomic E-state index is -3.38. The second kappa shape index (κ2) is 20.7. The number of amides is 1. The highest BCUT2D eigenvalue weighted by Gasteiger charge is 2.70. The molecule has 7 atom stereocenters. The van der Waals surface area contributed by atoms with Gasteiger partial charge in [0, 0.05) is 41.5 Å². The highest BCUT2D eigenvalue weighted by atomic mass is 16.8. The van der Waals surface area contributed by atoms with Crippen LogP contribution in [0, 0.1) is 34.5 Å². The molecule has 0 saturated carbocycles. The van der Waals surface area contributed by atoms with Gasteiger partial charge in [-0.05, 0) is 0 Å². The van der Waals surface area contributed by atoms with E-state index in [-0.39, 0.29) is 0 Å². The Kier molecular flexibility index (Phi) is 17.6. The maximum absolute atomic E-state index is 13.9. The first-order chi connectivity index (χ1) is 24.4. The molecule has 1 N–H and O–H groups in total. The molecular weight excluding hydrogens is 702 g/mol. The molecule has 21 nitrogen and oxygen atoms in total. The zero-order valence-corrected chi connectivity index (χ0v) is 29.3. The van der Waals surface area contributed by atoms with Gasteiger partial charge in [-0.2, -0.15) is 10.5 Å². The van der Waals surface area contributed by atoms with E-state index < -0.39 is 134 Å². The number of carbonyl (C=O) groups is 9. The normalized spacial score (nSPS) is 21.7. The lowest BCUT2D eigenvalue weighted by atomic mass is 9.73. The number of ether oxygens (including phenoxy) is 9. The van der Waals surface area contributed by atoms with E-state index in [1.165, 1.54) is 0 Å². The van der Waals surface area contributed by atoms with Crippen LogP contribution in [0.15, 0.2) is 0 Å². The smallest absolute Gasteiger partial charge is 0.380 e. The van der Waals surface area contributed by atoms with Crippen LogP contribution < -0.4 is 5.32 Å². The zero-order chi connectivity index (χ0) is 39.8. The van der Waals surface area contributed by atoms with Crippen molar-refractivity contribution in [3.8, 4) is 12.1 Å². The van der Waals surface area contributed by atoms with Crippen LogP contribution in [0.2, 0.25) is 0 Å². The van der Waals surface area contributed by atoms with Crippen LogP contribution in [0.3, 0.4) is 0 Å². The Hall–Kier alpha value is -5.83. The van der Waals surface area contributed by atoms with Crippen molar-refractivity contribution in [1.82, 2.24) is 5.32 Å². The molecule has 1 fully saturated rings. The number of rotatable bonds is 17. The maximum atomic E-state index is 13.9. The summed E-state index contributed by atoms with van der Waals surface area (Å²) >= 11 is 0. The molecule has 1 saturated heterocycles. The zero-order valence-electron chi connectivity index (χ0n) is 29.3. The molecule has 0 aromatic heterocycles. The quantitative estimate of drug-likeness (QED) is 0.0794. The van der Waals surface area contributed by atoms with E-state index in [0.29, 0.717) is 0 Å². The third-order valence-corrected chi connectivity index (χ3v) is 6.79. The van der Waals surface area contributed by atoms with Crippen molar-refractivity contribution in [2.75, 3.05) is 26.9 Å². The van der Waals surface area contributed by atoms with Crippen molar-refractivity contribution in [3.05, 3.63) is 0 Å². The largest absolute Gasteiger partial charge is 0.464 e. The van der Waals surface area contributed by atoms with E-state index in [4.69, 9.17) is 53.2 Å². The number of nitriles is 2. The van der Waals surface area contributed by atoms with Gasteiger partial charge in [-0.25, -0.2) is 4.79 Å². The van der Waals surface area contributed by atoms with Crippen LogP contribution in [0.1, 0.15) is 54.4 Å². The average Bonchev–Trinajstić information content (AvgIpc) is 3.03. The molecule has 52 heavy (non-hydrogen) atoms. The van der Waals surface area contributed by atoms with E-state index in [1.54, 1.807) is 12.1 Å². The van der Waals surface area contributed by atoms with Gasteiger partial charge in [-0.1, -0.05) is 0 Å². The maximum Gasteiger partial charge on any atom is 0.380 e. The number of nitrogens with zero attached hydrogens (tertiary/aromatic N) is 2. The standard InChI is InChI=1S/C31H39N3O18/c1-15(35)34-24-26(50-19(5)39)23(22(28(41)45-12-8-10-32)29(42)46-13-9-11-33)31(30(43)44-7,51-20(6)40)52-27(24)25(49-18(4)38)21(48-17(3)37)14-47-16(2)36/h21-27H,8-9,12-14H2,1-7H3,(H,34,35)/t21-,23+,24-,25-,26+,27-,31-/m1/s1. The van der Waals surface area contributed by atoms with Crippen molar-refractivity contribution in [2.45, 2.75) is 90.6 Å². The Morgan fingerprint density at radius 1 is 0.750 bits per heavy atom. The first-order valence-electron chi connectivity index (χ1n) is 15.3. The van der Waals surface area contributed by atoms with Gasteiger partial charge in [-0.15, -0.1) is 0 Å². The van der Waals surface area contributed by atoms with Gasteiger partial charge >= 0.3 is 53.5 Å². The van der Waals surface area contributed by atoms with Crippen LogP contribution in [0.4, 0.5) is 0 Å². The molecule has 0 aromatic carbocycles. The van der Waals surface area contributed by atoms with Gasteiger partial charge in [0.25, 0.3) is 0 Å². The lowest BCUT2D eigenvalue weighted by molar-refractivity contribution is -0.332. The summed E-state index contributed by atoms with van der Waals surface area (Å²) in [5.74, 6) is -19.6. The van der Waals surface area contributed by atoms with E-state index in [1.807, 2.05) is 0 Å². The molecule has 0 spiro atoms. The highest BCUT2D eigenvalue weighted by molar-refractivity contribution is 5.97. The third kappa shape index (κ3) is 12.5. The number of carbonyl (C=O) groups excluding carboxylic acids is 9. The van der Waals surface area contributed by atoms with Crippen LogP contribution in [0.25, 0.3) is 0 Å². The number of hydrogen-bond donors (Lipinski definition) is 1. The van der Waals surface area contributed by atoms with Crippen LogP contribution in [-0.4, -0.2) is 117 Å². The second-order valence-electron chi connectivity index (χ2n) is 10.8. The summed E-state index contributed by atoms with van der Waals surface area (Å²) < 4.78 is 47.8. The van der Waals surface area contributed by atoms with Crippen molar-refractivity contribution in [3.63, 3.8) is 0 Å². The predicted octanol–water partition coefficient (Wildman–Crippen LogP) is -1.17. The van der Waals surface area contributed by atoms with Crippen molar-refractivity contribution < 1.29 is 85.8 Å². The molecule has 21 heteroatoms. The Bertz CT molecular complexity index is 1440. The molecule has 1 rings (SSSR count). The molecular formula is C31H39N3O18. The van der Waals surface area contributed by atoms with E-state index in [0.717, 1.165) is 48.7 Å². The molecule has 0 aliphatic carbocycles. The molecule has 286 valence electrons. The molecule has 1 heterocycles. The van der Waals surface area contributed by atoms with Gasteiger partial charge in [0.05, 0.1) is 44.0 Å². The number of nitrogens with one attached hydrogen (secondary N) is 1.